The zero-order valence-corrected chi connectivity index (χ0v) is 20.4. The van der Waals surface area contributed by atoms with Crippen LogP contribution in [0.2, 0.25) is 0 Å². The van der Waals surface area contributed by atoms with E-state index in [0.29, 0.717) is 18.8 Å². The lowest BCUT2D eigenvalue weighted by Crippen LogP contribution is -2.28. The quantitative estimate of drug-likeness (QED) is 0.262. The first-order chi connectivity index (χ1) is 15.2. The normalized spacial score (nSPS) is 10.1. The zero-order chi connectivity index (χ0) is 21.7. The summed E-state index contributed by atoms with van der Waals surface area (Å²) < 4.78 is 10.9. The number of carbonyl (C=O) groups is 1. The average Bonchev–Trinajstić information content (AvgIpc) is 2.82. The highest BCUT2D eigenvalue weighted by Gasteiger charge is 2.08. The van der Waals surface area contributed by atoms with Crippen molar-refractivity contribution < 1.29 is 14.3 Å². The average molecular weight is 492 g/mol. The Bertz CT molecular complexity index is 913. The lowest BCUT2D eigenvalue weighted by Gasteiger charge is -2.22. The van der Waals surface area contributed by atoms with Crippen molar-refractivity contribution in [1.82, 2.24) is 14.9 Å². The third-order valence-corrected chi connectivity index (χ3v) is 4.85. The van der Waals surface area contributed by atoms with E-state index in [4.69, 9.17) is 9.47 Å². The highest BCUT2D eigenvalue weighted by atomic mass is 35.5. The van der Waals surface area contributed by atoms with Crippen LogP contribution < -0.4 is 4.74 Å². The first-order valence-corrected chi connectivity index (χ1v) is 10.6. The number of esters is 1. The lowest BCUT2D eigenvalue weighted by atomic mass is 10.2. The van der Waals surface area contributed by atoms with Gasteiger partial charge in [0.1, 0.15) is 5.75 Å². The molecule has 0 aliphatic heterocycles. The molecule has 178 valence electrons. The van der Waals surface area contributed by atoms with Gasteiger partial charge in [0, 0.05) is 44.4 Å². The van der Waals surface area contributed by atoms with Crippen LogP contribution in [-0.2, 0) is 17.7 Å². The number of halogens is 2. The summed E-state index contributed by atoms with van der Waals surface area (Å²) in [5.74, 6) is 0.443. The molecule has 0 atom stereocenters. The van der Waals surface area contributed by atoms with Crippen LogP contribution in [0.1, 0.15) is 34.8 Å². The molecule has 0 fully saturated rings. The molecule has 1 aromatic carbocycles. The molecule has 0 radical (unpaired) electrons. The van der Waals surface area contributed by atoms with Crippen molar-refractivity contribution in [3.05, 3.63) is 90.0 Å². The highest BCUT2D eigenvalue weighted by Crippen LogP contribution is 2.14. The summed E-state index contributed by atoms with van der Waals surface area (Å²) in [5, 5.41) is 0. The topological polar surface area (TPSA) is 64.6 Å². The molecule has 0 unspecified atom stereocenters. The lowest BCUT2D eigenvalue weighted by molar-refractivity contribution is 0.0526. The number of pyridine rings is 2. The number of hydrogen-bond acceptors (Lipinski definition) is 6. The van der Waals surface area contributed by atoms with E-state index in [0.717, 1.165) is 38.2 Å². The van der Waals surface area contributed by atoms with Gasteiger partial charge in [0.05, 0.1) is 18.8 Å². The maximum absolute atomic E-state index is 11.7. The fraction of sp³-hybridized carbons (Fsp3) is 0.320. The van der Waals surface area contributed by atoms with E-state index >= 15 is 0 Å². The molecule has 2 heterocycles. The van der Waals surface area contributed by atoms with Gasteiger partial charge in [0.15, 0.2) is 0 Å². The predicted octanol–water partition coefficient (Wildman–Crippen LogP) is 5.01. The highest BCUT2D eigenvalue weighted by molar-refractivity contribution is 5.89. The van der Waals surface area contributed by atoms with Gasteiger partial charge in [-0.2, -0.15) is 0 Å². The zero-order valence-electron chi connectivity index (χ0n) is 18.8. The summed E-state index contributed by atoms with van der Waals surface area (Å²) >= 11 is 0. The molecule has 0 aliphatic rings. The molecular formula is C25H31Cl2N3O3. The molecule has 2 aromatic heterocycles. The summed E-state index contributed by atoms with van der Waals surface area (Å²) in [6.07, 6.45) is 9.24. The summed E-state index contributed by atoms with van der Waals surface area (Å²) in [7, 11) is 0. The molecule has 0 saturated heterocycles. The van der Waals surface area contributed by atoms with Gasteiger partial charge in [-0.1, -0.05) is 6.07 Å². The van der Waals surface area contributed by atoms with Gasteiger partial charge >= 0.3 is 5.97 Å². The van der Waals surface area contributed by atoms with Gasteiger partial charge in [-0.3, -0.25) is 14.9 Å². The molecule has 6 nitrogen and oxygen atoms in total. The van der Waals surface area contributed by atoms with Crippen LogP contribution in [-0.4, -0.2) is 47.1 Å². The monoisotopic (exact) mass is 491 g/mol. The molecule has 8 heteroatoms. The largest absolute Gasteiger partial charge is 0.494 e. The maximum atomic E-state index is 11.7. The van der Waals surface area contributed by atoms with E-state index in [1.54, 1.807) is 25.3 Å². The number of benzene rings is 1. The van der Waals surface area contributed by atoms with E-state index < -0.39 is 0 Å². The van der Waals surface area contributed by atoms with Gasteiger partial charge in [0.25, 0.3) is 0 Å². The van der Waals surface area contributed by atoms with Crippen molar-refractivity contribution in [2.75, 3.05) is 26.3 Å². The van der Waals surface area contributed by atoms with Crippen molar-refractivity contribution in [3.63, 3.8) is 0 Å². The smallest absolute Gasteiger partial charge is 0.338 e. The van der Waals surface area contributed by atoms with Crippen LogP contribution in [0.15, 0.2) is 73.3 Å². The minimum absolute atomic E-state index is 0. The van der Waals surface area contributed by atoms with E-state index in [1.165, 1.54) is 11.1 Å². The molecule has 0 N–H and O–H groups in total. The number of carbonyl (C=O) groups excluding carboxylic acids is 1. The van der Waals surface area contributed by atoms with Crippen LogP contribution in [0.3, 0.4) is 0 Å². The third-order valence-electron chi connectivity index (χ3n) is 4.85. The summed E-state index contributed by atoms with van der Waals surface area (Å²) in [6, 6.07) is 15.3. The second-order valence-electron chi connectivity index (χ2n) is 7.19. The van der Waals surface area contributed by atoms with Crippen molar-refractivity contribution in [2.24, 2.45) is 0 Å². The number of hydrogen-bond donors (Lipinski definition) is 0. The predicted molar refractivity (Wildman–Crippen MR) is 134 cm³/mol. The molecule has 0 spiro atoms. The molecule has 0 bridgehead atoms. The van der Waals surface area contributed by atoms with Crippen LogP contribution in [0.25, 0.3) is 0 Å². The molecule has 0 aliphatic carbocycles. The molecule has 33 heavy (non-hydrogen) atoms. The fourth-order valence-electron chi connectivity index (χ4n) is 3.23. The Morgan fingerprint density at radius 3 is 2.33 bits per heavy atom. The van der Waals surface area contributed by atoms with Crippen LogP contribution in [0.4, 0.5) is 0 Å². The Kier molecular flexibility index (Phi) is 13.8. The fourth-order valence-corrected chi connectivity index (χ4v) is 3.23. The Labute approximate surface area is 208 Å². The van der Waals surface area contributed by atoms with Crippen molar-refractivity contribution >= 4 is 30.8 Å². The van der Waals surface area contributed by atoms with Gasteiger partial charge in [-0.15, -0.1) is 24.8 Å². The van der Waals surface area contributed by atoms with Crippen LogP contribution >= 0.6 is 24.8 Å². The molecular weight excluding hydrogens is 461 g/mol. The number of aromatic nitrogens is 2. The number of rotatable bonds is 12. The molecule has 0 amide bonds. The number of nitrogens with zero attached hydrogens (tertiary/aromatic N) is 3. The standard InChI is InChI=1S/C25H29N3O3.2ClH/c1-2-30-25(29)23-6-8-24(9-7-23)31-18-4-16-28(20-22-10-14-26-15-11-22)17-12-21-5-3-13-27-19-21;;/h3,5-11,13-15,19H,2,4,12,16-18,20H2,1H3;2*1H. The summed E-state index contributed by atoms with van der Waals surface area (Å²) in [4.78, 5) is 22.5. The van der Waals surface area contributed by atoms with Crippen LogP contribution in [0.5, 0.6) is 5.75 Å². The van der Waals surface area contributed by atoms with E-state index in [9.17, 15) is 4.79 Å². The summed E-state index contributed by atoms with van der Waals surface area (Å²) in [5.41, 5.74) is 3.02. The molecule has 3 aromatic rings. The minimum atomic E-state index is -0.311. The number of ether oxygens (including phenoxy) is 2. The van der Waals surface area contributed by atoms with Gasteiger partial charge in [-0.25, -0.2) is 4.79 Å². The Balaban J connectivity index is 0.00000272. The second-order valence-corrected chi connectivity index (χ2v) is 7.19. The maximum Gasteiger partial charge on any atom is 0.338 e. The van der Waals surface area contributed by atoms with E-state index in [2.05, 4.69) is 33.1 Å². The van der Waals surface area contributed by atoms with Crippen molar-refractivity contribution in [2.45, 2.75) is 26.3 Å². The van der Waals surface area contributed by atoms with Crippen molar-refractivity contribution in [1.29, 1.82) is 0 Å². The van der Waals surface area contributed by atoms with E-state index in [-0.39, 0.29) is 30.8 Å². The van der Waals surface area contributed by atoms with Gasteiger partial charge in [-0.05, 0) is 73.4 Å². The Hall–Kier alpha value is -2.67. The first-order valence-electron chi connectivity index (χ1n) is 10.6. The van der Waals surface area contributed by atoms with E-state index in [1.807, 2.05) is 36.8 Å². The summed E-state index contributed by atoms with van der Waals surface area (Å²) in [6.45, 7) is 5.51. The van der Waals surface area contributed by atoms with Gasteiger partial charge in [0.2, 0.25) is 0 Å². The Morgan fingerprint density at radius 1 is 0.909 bits per heavy atom. The van der Waals surface area contributed by atoms with Crippen molar-refractivity contribution in [3.8, 4) is 5.75 Å². The molecule has 0 saturated carbocycles. The van der Waals surface area contributed by atoms with Gasteiger partial charge < -0.3 is 9.47 Å². The van der Waals surface area contributed by atoms with Crippen LogP contribution in [0, 0.1) is 0 Å². The first kappa shape index (κ1) is 28.4. The molecule has 3 rings (SSSR count). The third kappa shape index (κ3) is 10.2. The minimum Gasteiger partial charge on any atom is -0.494 e. The second kappa shape index (κ2) is 16.0. The Morgan fingerprint density at radius 2 is 1.67 bits per heavy atom. The SMILES string of the molecule is CCOC(=O)c1ccc(OCCCN(CCc2cccnc2)Cc2ccncc2)cc1.Cl.Cl.